The molecule has 0 aliphatic rings. The fourth-order valence-corrected chi connectivity index (χ4v) is 2.03. The second-order valence-corrected chi connectivity index (χ2v) is 4.73. The maximum absolute atomic E-state index is 9.09. The number of oxazole rings is 1. The summed E-state index contributed by atoms with van der Waals surface area (Å²) in [5, 5.41) is 12.2. The highest BCUT2D eigenvalue weighted by molar-refractivity contribution is 9.10. The second-order valence-electron chi connectivity index (χ2n) is 3.88. The van der Waals surface area contributed by atoms with E-state index in [-0.39, 0.29) is 0 Å². The standard InChI is InChI=1S/C13H12BrN3O/c1-8-9(2)18-13(17-8)7-16-12-5-3-4-11(14)10(12)6-15/h3-5,16H,7H2,1-2H3. The number of hydrogen-bond donors (Lipinski definition) is 1. The Morgan fingerprint density at radius 1 is 1.44 bits per heavy atom. The molecule has 1 N–H and O–H groups in total. The van der Waals surface area contributed by atoms with Gasteiger partial charge in [0, 0.05) is 4.47 Å². The van der Waals surface area contributed by atoms with Crippen LogP contribution in [0, 0.1) is 25.2 Å². The van der Waals surface area contributed by atoms with Crippen LogP contribution in [0.15, 0.2) is 27.1 Å². The van der Waals surface area contributed by atoms with Gasteiger partial charge in [-0.05, 0) is 41.9 Å². The van der Waals surface area contributed by atoms with Crippen LogP contribution >= 0.6 is 15.9 Å². The van der Waals surface area contributed by atoms with Crippen molar-refractivity contribution in [2.45, 2.75) is 20.4 Å². The Morgan fingerprint density at radius 2 is 2.22 bits per heavy atom. The van der Waals surface area contributed by atoms with Crippen LogP contribution in [-0.4, -0.2) is 4.98 Å². The third-order valence-corrected chi connectivity index (χ3v) is 3.29. The van der Waals surface area contributed by atoms with Crippen LogP contribution in [0.5, 0.6) is 0 Å². The monoisotopic (exact) mass is 305 g/mol. The molecule has 18 heavy (non-hydrogen) atoms. The molecule has 0 atom stereocenters. The van der Waals surface area contributed by atoms with Crippen LogP contribution in [-0.2, 0) is 6.54 Å². The van der Waals surface area contributed by atoms with Gasteiger partial charge in [0.2, 0.25) is 5.89 Å². The highest BCUT2D eigenvalue weighted by Crippen LogP contribution is 2.24. The number of anilines is 1. The van der Waals surface area contributed by atoms with Crippen LogP contribution in [0.4, 0.5) is 5.69 Å². The molecule has 0 unspecified atom stereocenters. The average Bonchev–Trinajstić information content (AvgIpc) is 2.66. The Labute approximate surface area is 114 Å². The molecule has 2 aromatic rings. The van der Waals surface area contributed by atoms with Gasteiger partial charge in [0.1, 0.15) is 11.8 Å². The first kappa shape index (κ1) is 12.7. The third-order valence-electron chi connectivity index (χ3n) is 2.63. The molecule has 0 amide bonds. The lowest BCUT2D eigenvalue weighted by Crippen LogP contribution is -2.01. The van der Waals surface area contributed by atoms with Crippen molar-refractivity contribution >= 4 is 21.6 Å². The van der Waals surface area contributed by atoms with Gasteiger partial charge in [-0.25, -0.2) is 4.98 Å². The Balaban J connectivity index is 2.16. The van der Waals surface area contributed by atoms with E-state index in [0.29, 0.717) is 18.0 Å². The van der Waals surface area contributed by atoms with Gasteiger partial charge in [0.05, 0.1) is 23.5 Å². The molecule has 4 nitrogen and oxygen atoms in total. The Morgan fingerprint density at radius 3 is 2.83 bits per heavy atom. The number of aromatic nitrogens is 1. The van der Waals surface area contributed by atoms with E-state index in [1.807, 2.05) is 32.0 Å². The normalized spacial score (nSPS) is 10.1. The van der Waals surface area contributed by atoms with Gasteiger partial charge in [0.25, 0.3) is 0 Å². The quantitative estimate of drug-likeness (QED) is 0.942. The largest absolute Gasteiger partial charge is 0.444 e. The van der Waals surface area contributed by atoms with Crippen LogP contribution in [0.25, 0.3) is 0 Å². The Bertz CT molecular complexity index is 594. The number of nitrogens with zero attached hydrogens (tertiary/aromatic N) is 2. The molecule has 92 valence electrons. The molecule has 0 bridgehead atoms. The van der Waals surface area contributed by atoms with E-state index in [4.69, 9.17) is 9.68 Å². The molecule has 1 aromatic carbocycles. The van der Waals surface area contributed by atoms with Crippen molar-refractivity contribution in [2.24, 2.45) is 0 Å². The molecule has 0 spiro atoms. The minimum atomic E-state index is 0.458. The summed E-state index contributed by atoms with van der Waals surface area (Å²) < 4.78 is 6.24. The number of nitriles is 1. The van der Waals surface area contributed by atoms with Crippen LogP contribution in [0.2, 0.25) is 0 Å². The van der Waals surface area contributed by atoms with Gasteiger partial charge in [0.15, 0.2) is 0 Å². The summed E-state index contributed by atoms with van der Waals surface area (Å²) in [5.74, 6) is 1.44. The molecule has 1 heterocycles. The lowest BCUT2D eigenvalue weighted by molar-refractivity contribution is 0.478. The molecule has 0 aliphatic carbocycles. The van der Waals surface area contributed by atoms with E-state index >= 15 is 0 Å². The number of halogens is 1. The molecule has 2 rings (SSSR count). The summed E-state index contributed by atoms with van der Waals surface area (Å²) in [6.45, 7) is 4.24. The predicted octanol–water partition coefficient (Wildman–Crippen LogP) is 3.54. The lowest BCUT2D eigenvalue weighted by Gasteiger charge is -2.06. The summed E-state index contributed by atoms with van der Waals surface area (Å²) in [7, 11) is 0. The molecule has 0 aliphatic heterocycles. The van der Waals surface area contributed by atoms with Crippen LogP contribution < -0.4 is 5.32 Å². The topological polar surface area (TPSA) is 61.9 Å². The smallest absolute Gasteiger partial charge is 0.213 e. The molecule has 0 radical (unpaired) electrons. The van der Waals surface area contributed by atoms with Crippen molar-refractivity contribution in [1.82, 2.24) is 4.98 Å². The van der Waals surface area contributed by atoms with Gasteiger partial charge in [-0.2, -0.15) is 5.26 Å². The van der Waals surface area contributed by atoms with Crippen LogP contribution in [0.3, 0.4) is 0 Å². The Hall–Kier alpha value is -1.80. The van der Waals surface area contributed by atoms with Crippen molar-refractivity contribution in [1.29, 1.82) is 5.26 Å². The minimum absolute atomic E-state index is 0.458. The fraction of sp³-hybridized carbons (Fsp3) is 0.231. The van der Waals surface area contributed by atoms with Crippen molar-refractivity contribution < 1.29 is 4.42 Å². The second kappa shape index (κ2) is 5.23. The van der Waals surface area contributed by atoms with E-state index < -0.39 is 0 Å². The van der Waals surface area contributed by atoms with Crippen molar-refractivity contribution in [3.8, 4) is 6.07 Å². The van der Waals surface area contributed by atoms with Gasteiger partial charge in [-0.1, -0.05) is 6.07 Å². The van der Waals surface area contributed by atoms with E-state index in [0.717, 1.165) is 21.6 Å². The summed E-state index contributed by atoms with van der Waals surface area (Å²) in [5.41, 5.74) is 2.24. The molecular weight excluding hydrogens is 294 g/mol. The first-order valence-electron chi connectivity index (χ1n) is 5.47. The molecule has 0 fully saturated rings. The summed E-state index contributed by atoms with van der Waals surface area (Å²) in [6.07, 6.45) is 0. The van der Waals surface area contributed by atoms with Gasteiger partial charge < -0.3 is 9.73 Å². The first-order chi connectivity index (χ1) is 8.61. The van der Waals surface area contributed by atoms with Gasteiger partial charge >= 0.3 is 0 Å². The molecule has 0 saturated heterocycles. The van der Waals surface area contributed by atoms with E-state index in [9.17, 15) is 0 Å². The predicted molar refractivity (Wildman–Crippen MR) is 72.2 cm³/mol. The molecular formula is C13H12BrN3O. The average molecular weight is 306 g/mol. The minimum Gasteiger partial charge on any atom is -0.444 e. The molecule has 0 saturated carbocycles. The third kappa shape index (κ3) is 2.54. The number of aryl methyl sites for hydroxylation is 2. The SMILES string of the molecule is Cc1nc(CNc2cccc(Br)c2C#N)oc1C. The van der Waals surface area contributed by atoms with Crippen molar-refractivity contribution in [3.63, 3.8) is 0 Å². The first-order valence-corrected chi connectivity index (χ1v) is 6.26. The van der Waals surface area contributed by atoms with Gasteiger partial charge in [-0.15, -0.1) is 0 Å². The van der Waals surface area contributed by atoms with Crippen LogP contribution in [0.1, 0.15) is 22.9 Å². The highest BCUT2D eigenvalue weighted by atomic mass is 79.9. The number of rotatable bonds is 3. The Kier molecular flexibility index (Phi) is 3.68. The summed E-state index contributed by atoms with van der Waals surface area (Å²) in [6, 6.07) is 7.72. The zero-order valence-corrected chi connectivity index (χ0v) is 11.7. The van der Waals surface area contributed by atoms with E-state index in [1.54, 1.807) is 0 Å². The van der Waals surface area contributed by atoms with Gasteiger partial charge in [-0.3, -0.25) is 0 Å². The maximum Gasteiger partial charge on any atom is 0.213 e. The highest BCUT2D eigenvalue weighted by Gasteiger charge is 2.08. The lowest BCUT2D eigenvalue weighted by atomic mass is 10.2. The number of nitrogens with one attached hydrogen (secondary N) is 1. The molecule has 1 aromatic heterocycles. The van der Waals surface area contributed by atoms with E-state index in [2.05, 4.69) is 32.3 Å². The van der Waals surface area contributed by atoms with E-state index in [1.165, 1.54) is 0 Å². The zero-order valence-electron chi connectivity index (χ0n) is 10.1. The number of hydrogen-bond acceptors (Lipinski definition) is 4. The summed E-state index contributed by atoms with van der Waals surface area (Å²) in [4.78, 5) is 4.28. The maximum atomic E-state index is 9.09. The molecule has 5 heteroatoms. The zero-order chi connectivity index (χ0) is 13.1. The number of benzene rings is 1. The fourth-order valence-electron chi connectivity index (χ4n) is 1.57. The van der Waals surface area contributed by atoms with Crippen molar-refractivity contribution in [3.05, 3.63) is 45.6 Å². The van der Waals surface area contributed by atoms with Crippen molar-refractivity contribution in [2.75, 3.05) is 5.32 Å². The summed E-state index contributed by atoms with van der Waals surface area (Å²) >= 11 is 3.35.